The lowest BCUT2D eigenvalue weighted by atomic mass is 9.82. The van der Waals surface area contributed by atoms with E-state index in [9.17, 15) is 22.4 Å². The van der Waals surface area contributed by atoms with Gasteiger partial charge in [0.15, 0.2) is 0 Å². The van der Waals surface area contributed by atoms with Gasteiger partial charge in [-0.2, -0.15) is 13.2 Å². The highest BCUT2D eigenvalue weighted by molar-refractivity contribution is 7.17. The molecule has 1 aliphatic rings. The number of rotatable bonds is 4. The average molecular weight is 439 g/mol. The SMILES string of the molecule is C[C@]1(C(N)=O)COc2c1cc([C@@H](CN)C(F)(F)F)nc2-c1csc2c(F)cccc12. The maximum absolute atomic E-state index is 14.2. The lowest BCUT2D eigenvalue weighted by Gasteiger charge is -2.22. The average Bonchev–Trinajstić information content (AvgIpc) is 3.24. The predicted octanol–water partition coefficient (Wildman–Crippen LogP) is 3.84. The van der Waals surface area contributed by atoms with Crippen molar-refractivity contribution in [3.8, 4) is 17.0 Å². The quantitative estimate of drug-likeness (QED) is 0.605. The molecule has 30 heavy (non-hydrogen) atoms. The van der Waals surface area contributed by atoms with Crippen molar-refractivity contribution in [2.75, 3.05) is 13.2 Å². The van der Waals surface area contributed by atoms with Crippen LogP contribution >= 0.6 is 11.3 Å². The minimum atomic E-state index is -4.64. The van der Waals surface area contributed by atoms with E-state index in [1.807, 2.05) is 0 Å². The number of carbonyl (C=O) groups is 1. The second kappa shape index (κ2) is 6.92. The Labute approximate surface area is 172 Å². The van der Waals surface area contributed by atoms with Crippen LogP contribution < -0.4 is 16.2 Å². The molecule has 0 spiro atoms. The Morgan fingerprint density at radius 3 is 2.77 bits per heavy atom. The fourth-order valence-corrected chi connectivity index (χ4v) is 4.56. The van der Waals surface area contributed by atoms with Crippen molar-refractivity contribution in [1.29, 1.82) is 0 Å². The zero-order chi connectivity index (χ0) is 21.8. The van der Waals surface area contributed by atoms with Crippen LogP contribution in [-0.4, -0.2) is 30.2 Å². The van der Waals surface area contributed by atoms with Crippen molar-refractivity contribution in [3.05, 3.63) is 46.7 Å². The van der Waals surface area contributed by atoms with E-state index in [4.69, 9.17) is 16.2 Å². The molecule has 1 aliphatic heterocycles. The van der Waals surface area contributed by atoms with Crippen LogP contribution in [-0.2, 0) is 10.2 Å². The van der Waals surface area contributed by atoms with E-state index >= 15 is 0 Å². The molecular formula is C20H17F4N3O2S. The van der Waals surface area contributed by atoms with Gasteiger partial charge in [-0.25, -0.2) is 9.37 Å². The number of primary amides is 1. The lowest BCUT2D eigenvalue weighted by molar-refractivity contribution is -0.148. The van der Waals surface area contributed by atoms with E-state index in [0.29, 0.717) is 15.6 Å². The minimum Gasteiger partial charge on any atom is -0.489 e. The number of nitrogens with zero attached hydrogens (tertiary/aromatic N) is 1. The Morgan fingerprint density at radius 1 is 1.40 bits per heavy atom. The van der Waals surface area contributed by atoms with Crippen molar-refractivity contribution < 1.29 is 27.1 Å². The summed E-state index contributed by atoms with van der Waals surface area (Å²) < 4.78 is 61.0. The summed E-state index contributed by atoms with van der Waals surface area (Å²) in [5.74, 6) is -3.06. The van der Waals surface area contributed by atoms with E-state index < -0.39 is 35.8 Å². The van der Waals surface area contributed by atoms with Gasteiger partial charge in [0, 0.05) is 28.4 Å². The first-order valence-electron chi connectivity index (χ1n) is 8.99. The molecule has 0 aliphatic carbocycles. The summed E-state index contributed by atoms with van der Waals surface area (Å²) in [6, 6.07) is 5.64. The number of halogens is 4. The van der Waals surface area contributed by atoms with Crippen molar-refractivity contribution >= 4 is 27.3 Å². The molecule has 0 saturated heterocycles. The van der Waals surface area contributed by atoms with Gasteiger partial charge in [-0.3, -0.25) is 4.79 Å². The molecular weight excluding hydrogens is 422 g/mol. The number of fused-ring (bicyclic) bond motifs is 2. The first kappa shape index (κ1) is 20.5. The lowest BCUT2D eigenvalue weighted by Crippen LogP contribution is -2.40. The Balaban J connectivity index is 2.03. The topological polar surface area (TPSA) is 91.2 Å². The van der Waals surface area contributed by atoms with Crippen LogP contribution in [0.4, 0.5) is 17.6 Å². The third kappa shape index (κ3) is 3.02. The van der Waals surface area contributed by atoms with Gasteiger partial charge >= 0.3 is 6.18 Å². The molecule has 4 N–H and O–H groups in total. The van der Waals surface area contributed by atoms with Gasteiger partial charge < -0.3 is 16.2 Å². The number of amides is 1. The summed E-state index contributed by atoms with van der Waals surface area (Å²) in [5, 5.41) is 2.09. The monoisotopic (exact) mass is 439 g/mol. The van der Waals surface area contributed by atoms with E-state index in [1.165, 1.54) is 25.1 Å². The van der Waals surface area contributed by atoms with Crippen LogP contribution in [0.3, 0.4) is 0 Å². The second-order valence-corrected chi connectivity index (χ2v) is 8.23. The van der Waals surface area contributed by atoms with Crippen LogP contribution in [0.15, 0.2) is 29.6 Å². The number of alkyl halides is 3. The molecule has 2 aromatic heterocycles. The molecule has 2 atom stereocenters. The van der Waals surface area contributed by atoms with Gasteiger partial charge in [0.2, 0.25) is 5.91 Å². The van der Waals surface area contributed by atoms with Crippen LogP contribution in [0.2, 0.25) is 0 Å². The van der Waals surface area contributed by atoms with E-state index in [1.54, 1.807) is 11.4 Å². The van der Waals surface area contributed by atoms with E-state index in [-0.39, 0.29) is 29.3 Å². The molecule has 0 unspecified atom stereocenters. The molecule has 1 amide bonds. The van der Waals surface area contributed by atoms with Crippen LogP contribution in [0.1, 0.15) is 24.1 Å². The van der Waals surface area contributed by atoms with Gasteiger partial charge in [-0.15, -0.1) is 11.3 Å². The summed E-state index contributed by atoms with van der Waals surface area (Å²) in [6.45, 7) is 0.651. The maximum atomic E-state index is 14.2. The molecule has 10 heteroatoms. The number of carbonyl (C=O) groups excluding carboxylic acids is 1. The van der Waals surface area contributed by atoms with Crippen molar-refractivity contribution in [3.63, 3.8) is 0 Å². The van der Waals surface area contributed by atoms with Crippen molar-refractivity contribution in [2.24, 2.45) is 11.5 Å². The zero-order valence-corrected chi connectivity index (χ0v) is 16.5. The number of pyridine rings is 1. The number of hydrogen-bond donors (Lipinski definition) is 2. The first-order valence-corrected chi connectivity index (χ1v) is 9.87. The predicted molar refractivity (Wildman–Crippen MR) is 105 cm³/mol. The fourth-order valence-electron chi connectivity index (χ4n) is 3.60. The first-order chi connectivity index (χ1) is 14.1. The highest BCUT2D eigenvalue weighted by Crippen LogP contribution is 2.48. The zero-order valence-electron chi connectivity index (χ0n) is 15.7. The Bertz CT molecular complexity index is 1160. The van der Waals surface area contributed by atoms with Gasteiger partial charge in [0.05, 0.1) is 10.4 Å². The fraction of sp³-hybridized carbons (Fsp3) is 0.300. The summed E-state index contributed by atoms with van der Waals surface area (Å²) >= 11 is 1.10. The number of thiophene rings is 1. The molecule has 3 heterocycles. The highest BCUT2D eigenvalue weighted by Gasteiger charge is 2.47. The molecule has 0 bridgehead atoms. The molecule has 5 nitrogen and oxygen atoms in total. The molecule has 1 aromatic carbocycles. The Kier molecular flexibility index (Phi) is 4.74. The van der Waals surface area contributed by atoms with Gasteiger partial charge in [0.25, 0.3) is 0 Å². The smallest absolute Gasteiger partial charge is 0.398 e. The highest BCUT2D eigenvalue weighted by atomic mass is 32.1. The minimum absolute atomic E-state index is 0.104. The Hall–Kier alpha value is -2.72. The maximum Gasteiger partial charge on any atom is 0.398 e. The summed E-state index contributed by atoms with van der Waals surface area (Å²) in [6.07, 6.45) is -4.64. The molecule has 4 rings (SSSR count). The molecule has 3 aromatic rings. The van der Waals surface area contributed by atoms with Gasteiger partial charge in [-0.1, -0.05) is 12.1 Å². The molecule has 0 fully saturated rings. The third-order valence-corrected chi connectivity index (χ3v) is 6.44. The van der Waals surface area contributed by atoms with Crippen molar-refractivity contribution in [1.82, 2.24) is 4.98 Å². The van der Waals surface area contributed by atoms with Crippen LogP contribution in [0.25, 0.3) is 21.3 Å². The summed E-state index contributed by atoms with van der Waals surface area (Å²) in [5.41, 5.74) is 10.0. The molecule has 0 saturated carbocycles. The van der Waals surface area contributed by atoms with Crippen molar-refractivity contribution in [2.45, 2.75) is 24.4 Å². The molecule has 0 radical (unpaired) electrons. The standard InChI is InChI=1S/C20H17F4N3O2S/c1-19(18(26)28)8-29-16-11(19)5-14(12(6-25)20(22,23)24)27-15(16)10-7-30-17-9(10)3-2-4-13(17)21/h2-5,7,12H,6,8,25H2,1H3,(H2,26,28)/t12-,19+/m1/s1. The van der Waals surface area contributed by atoms with E-state index in [0.717, 1.165) is 11.3 Å². The number of nitrogens with two attached hydrogens (primary N) is 2. The normalized spacial score (nSPS) is 19.5. The van der Waals surface area contributed by atoms with E-state index in [2.05, 4.69) is 4.98 Å². The third-order valence-electron chi connectivity index (χ3n) is 5.43. The number of benzene rings is 1. The summed E-state index contributed by atoms with van der Waals surface area (Å²) in [4.78, 5) is 16.4. The van der Waals surface area contributed by atoms with Gasteiger partial charge in [-0.05, 0) is 19.1 Å². The second-order valence-electron chi connectivity index (χ2n) is 7.35. The molecule has 158 valence electrons. The Morgan fingerprint density at radius 2 is 2.13 bits per heavy atom. The number of aromatic nitrogens is 1. The largest absolute Gasteiger partial charge is 0.489 e. The van der Waals surface area contributed by atoms with Gasteiger partial charge in [0.1, 0.15) is 35.2 Å². The van der Waals surface area contributed by atoms with Crippen LogP contribution in [0.5, 0.6) is 5.75 Å². The van der Waals surface area contributed by atoms with Crippen LogP contribution in [0, 0.1) is 5.82 Å². The number of ether oxygens (including phenoxy) is 1. The summed E-state index contributed by atoms with van der Waals surface area (Å²) in [7, 11) is 0. The number of hydrogen-bond acceptors (Lipinski definition) is 5.